The largest absolute Gasteiger partial charge is 0.459 e. The fourth-order valence-electron chi connectivity index (χ4n) is 3.61. The van der Waals surface area contributed by atoms with Gasteiger partial charge in [-0.2, -0.15) is 0 Å². The van der Waals surface area contributed by atoms with E-state index in [1.165, 1.54) is 6.26 Å². The molecule has 0 aliphatic rings. The number of aryl methyl sites for hydroxylation is 1. The number of aromatic nitrogens is 1. The molecule has 0 aliphatic heterocycles. The van der Waals surface area contributed by atoms with Gasteiger partial charge in [-0.3, -0.25) is 14.6 Å². The molecule has 0 fully saturated rings. The molecule has 2 aromatic heterocycles. The second kappa shape index (κ2) is 11.1. The number of amides is 2. The number of nitrogens with zero attached hydrogens (tertiary/aromatic N) is 2. The van der Waals surface area contributed by atoms with Crippen LogP contribution in [0.1, 0.15) is 32.9 Å². The molecule has 0 atom stereocenters. The average Bonchev–Trinajstić information content (AvgIpc) is 3.40. The van der Waals surface area contributed by atoms with Crippen molar-refractivity contribution in [2.75, 3.05) is 11.4 Å². The van der Waals surface area contributed by atoms with Gasteiger partial charge in [0.05, 0.1) is 19.2 Å². The number of benzene rings is 2. The Morgan fingerprint density at radius 1 is 0.912 bits per heavy atom. The Bertz CT molecular complexity index is 1200. The maximum absolute atomic E-state index is 13.1. The highest BCUT2D eigenvalue weighted by Gasteiger charge is 2.20. The quantitative estimate of drug-likeness (QED) is 0.398. The number of hydrogen-bond acceptors (Lipinski definition) is 4. The highest BCUT2D eigenvalue weighted by atomic mass is 16.3. The van der Waals surface area contributed by atoms with Gasteiger partial charge in [0.2, 0.25) is 5.91 Å². The van der Waals surface area contributed by atoms with Crippen LogP contribution in [0.4, 0.5) is 5.69 Å². The highest BCUT2D eigenvalue weighted by molar-refractivity contribution is 6.04. The first-order valence-corrected chi connectivity index (χ1v) is 11.2. The van der Waals surface area contributed by atoms with Crippen LogP contribution >= 0.6 is 0 Å². The SMILES string of the molecule is Cc1ccc(CN(C(=O)c2ccco2)c2ccc(CC(=O)NCCc3ccccn3)cc2)cc1. The number of carbonyl (C=O) groups excluding carboxylic acids is 2. The summed E-state index contributed by atoms with van der Waals surface area (Å²) in [6.45, 7) is 2.98. The summed E-state index contributed by atoms with van der Waals surface area (Å²) >= 11 is 0. The van der Waals surface area contributed by atoms with Crippen LogP contribution in [0.5, 0.6) is 0 Å². The molecule has 1 N–H and O–H groups in total. The third-order valence-electron chi connectivity index (χ3n) is 5.48. The van der Waals surface area contributed by atoms with Gasteiger partial charge in [0, 0.05) is 30.5 Å². The van der Waals surface area contributed by atoms with Crippen LogP contribution in [-0.2, 0) is 24.2 Å². The van der Waals surface area contributed by atoms with Gasteiger partial charge < -0.3 is 14.6 Å². The van der Waals surface area contributed by atoms with E-state index in [2.05, 4.69) is 10.3 Å². The topological polar surface area (TPSA) is 75.4 Å². The van der Waals surface area contributed by atoms with Crippen molar-refractivity contribution in [3.05, 3.63) is 119 Å². The number of hydrogen-bond donors (Lipinski definition) is 1. The van der Waals surface area contributed by atoms with E-state index in [9.17, 15) is 9.59 Å². The summed E-state index contributed by atoms with van der Waals surface area (Å²) in [5, 5.41) is 2.94. The van der Waals surface area contributed by atoms with E-state index in [0.29, 0.717) is 19.5 Å². The van der Waals surface area contributed by atoms with Crippen molar-refractivity contribution in [1.82, 2.24) is 10.3 Å². The maximum atomic E-state index is 13.1. The summed E-state index contributed by atoms with van der Waals surface area (Å²) < 4.78 is 5.35. The van der Waals surface area contributed by atoms with Crippen molar-refractivity contribution in [2.45, 2.75) is 26.3 Å². The van der Waals surface area contributed by atoms with Crippen LogP contribution in [-0.4, -0.2) is 23.3 Å². The molecule has 0 spiro atoms. The molecule has 0 bridgehead atoms. The summed E-state index contributed by atoms with van der Waals surface area (Å²) in [6.07, 6.45) is 4.20. The molecule has 4 aromatic rings. The molecule has 6 heteroatoms. The van der Waals surface area contributed by atoms with Gasteiger partial charge in [-0.15, -0.1) is 0 Å². The monoisotopic (exact) mass is 453 g/mol. The zero-order valence-corrected chi connectivity index (χ0v) is 19.1. The first-order valence-electron chi connectivity index (χ1n) is 11.2. The molecule has 2 heterocycles. The minimum Gasteiger partial charge on any atom is -0.459 e. The van der Waals surface area contributed by atoms with Crippen molar-refractivity contribution in [3.8, 4) is 0 Å². The van der Waals surface area contributed by atoms with Crippen LogP contribution in [0, 0.1) is 6.92 Å². The van der Waals surface area contributed by atoms with Crippen molar-refractivity contribution < 1.29 is 14.0 Å². The second-order valence-electron chi connectivity index (χ2n) is 8.12. The van der Waals surface area contributed by atoms with E-state index < -0.39 is 0 Å². The molecule has 0 aliphatic carbocycles. The third kappa shape index (κ3) is 6.19. The van der Waals surface area contributed by atoms with E-state index in [4.69, 9.17) is 4.42 Å². The Balaban J connectivity index is 1.41. The summed E-state index contributed by atoms with van der Waals surface area (Å²) in [5.74, 6) is 0.0147. The predicted octanol–water partition coefficient (Wildman–Crippen LogP) is 4.73. The summed E-state index contributed by atoms with van der Waals surface area (Å²) in [4.78, 5) is 31.4. The Labute approximate surface area is 199 Å². The molecular formula is C28H27N3O3. The van der Waals surface area contributed by atoms with Gasteiger partial charge in [-0.25, -0.2) is 0 Å². The Morgan fingerprint density at radius 3 is 2.35 bits per heavy atom. The lowest BCUT2D eigenvalue weighted by molar-refractivity contribution is -0.120. The Hall–Kier alpha value is -4.19. The lowest BCUT2D eigenvalue weighted by atomic mass is 10.1. The van der Waals surface area contributed by atoms with E-state index >= 15 is 0 Å². The normalized spacial score (nSPS) is 10.6. The average molecular weight is 454 g/mol. The molecule has 0 saturated carbocycles. The van der Waals surface area contributed by atoms with Crippen LogP contribution in [0.2, 0.25) is 0 Å². The number of furan rings is 1. The lowest BCUT2D eigenvalue weighted by Crippen LogP contribution is -2.30. The first kappa shape index (κ1) is 23.0. The molecule has 172 valence electrons. The maximum Gasteiger partial charge on any atom is 0.294 e. The second-order valence-corrected chi connectivity index (χ2v) is 8.12. The van der Waals surface area contributed by atoms with E-state index in [0.717, 1.165) is 28.1 Å². The van der Waals surface area contributed by atoms with Crippen molar-refractivity contribution in [3.63, 3.8) is 0 Å². The molecule has 0 radical (unpaired) electrons. The highest BCUT2D eigenvalue weighted by Crippen LogP contribution is 2.22. The van der Waals surface area contributed by atoms with Gasteiger partial charge in [-0.1, -0.05) is 48.0 Å². The molecule has 2 aromatic carbocycles. The standard InChI is InChI=1S/C28H27N3O3/c1-21-7-9-23(10-8-21)20-31(28(33)26-6-4-18-34-26)25-13-11-22(12-14-25)19-27(32)30-17-15-24-5-2-3-16-29-24/h2-14,16,18H,15,17,19-20H2,1H3,(H,30,32). The van der Waals surface area contributed by atoms with Gasteiger partial charge in [0.15, 0.2) is 5.76 Å². The number of carbonyl (C=O) groups is 2. The lowest BCUT2D eigenvalue weighted by Gasteiger charge is -2.22. The minimum absolute atomic E-state index is 0.0492. The van der Waals surface area contributed by atoms with Crippen molar-refractivity contribution >= 4 is 17.5 Å². The van der Waals surface area contributed by atoms with E-state index in [-0.39, 0.29) is 24.0 Å². The molecule has 6 nitrogen and oxygen atoms in total. The fourth-order valence-corrected chi connectivity index (χ4v) is 3.61. The number of rotatable bonds is 9. The van der Waals surface area contributed by atoms with Crippen LogP contribution < -0.4 is 10.2 Å². The summed E-state index contributed by atoms with van der Waals surface area (Å²) in [7, 11) is 0. The smallest absolute Gasteiger partial charge is 0.294 e. The zero-order valence-electron chi connectivity index (χ0n) is 19.1. The van der Waals surface area contributed by atoms with Crippen LogP contribution in [0.15, 0.2) is 95.7 Å². The van der Waals surface area contributed by atoms with E-state index in [1.807, 2.05) is 73.7 Å². The third-order valence-corrected chi connectivity index (χ3v) is 5.48. The van der Waals surface area contributed by atoms with Gasteiger partial charge in [0.25, 0.3) is 5.91 Å². The molecule has 4 rings (SSSR count). The number of nitrogens with one attached hydrogen (secondary N) is 1. The van der Waals surface area contributed by atoms with Gasteiger partial charge in [-0.05, 0) is 54.4 Å². The summed E-state index contributed by atoms with van der Waals surface area (Å²) in [6, 6.07) is 24.7. The number of pyridine rings is 1. The van der Waals surface area contributed by atoms with Crippen LogP contribution in [0.25, 0.3) is 0 Å². The fraction of sp³-hybridized carbons (Fsp3) is 0.179. The zero-order chi connectivity index (χ0) is 23.8. The Kier molecular flexibility index (Phi) is 7.50. The van der Waals surface area contributed by atoms with Crippen LogP contribution in [0.3, 0.4) is 0 Å². The summed E-state index contributed by atoms with van der Waals surface area (Å²) in [5.41, 5.74) is 4.74. The number of anilines is 1. The van der Waals surface area contributed by atoms with Crippen molar-refractivity contribution in [2.24, 2.45) is 0 Å². The minimum atomic E-state index is -0.217. The van der Waals surface area contributed by atoms with Gasteiger partial charge in [0.1, 0.15) is 0 Å². The molecule has 0 saturated heterocycles. The molecular weight excluding hydrogens is 426 g/mol. The van der Waals surface area contributed by atoms with Gasteiger partial charge >= 0.3 is 0 Å². The van der Waals surface area contributed by atoms with Crippen molar-refractivity contribution in [1.29, 1.82) is 0 Å². The Morgan fingerprint density at radius 2 is 1.68 bits per heavy atom. The molecule has 34 heavy (non-hydrogen) atoms. The van der Waals surface area contributed by atoms with E-state index in [1.54, 1.807) is 23.2 Å². The first-order chi connectivity index (χ1) is 16.6. The molecule has 0 unspecified atom stereocenters. The predicted molar refractivity (Wildman–Crippen MR) is 131 cm³/mol. The molecule has 2 amide bonds.